The van der Waals surface area contributed by atoms with Crippen molar-refractivity contribution in [1.82, 2.24) is 9.13 Å². The molecular weight excluding hydrogens is 668 g/mol. The van der Waals surface area contributed by atoms with Crippen molar-refractivity contribution in [3.63, 3.8) is 0 Å². The molecule has 10 rings (SSSR count). The molecule has 6 heterocycles. The first-order valence-corrected chi connectivity index (χ1v) is 16.9. The summed E-state index contributed by atoms with van der Waals surface area (Å²) in [6.45, 7) is 1.01. The van der Waals surface area contributed by atoms with Gasteiger partial charge < -0.3 is 47.0 Å². The summed E-state index contributed by atoms with van der Waals surface area (Å²) < 4.78 is 50.2. The maximum absolute atomic E-state index is 14.8. The van der Waals surface area contributed by atoms with Gasteiger partial charge in [0.25, 0.3) is 11.1 Å². The first kappa shape index (κ1) is 30.5. The van der Waals surface area contributed by atoms with Crippen molar-refractivity contribution in [3.8, 4) is 79.6 Å². The third-order valence-electron chi connectivity index (χ3n) is 10.7. The number of nitrogens with zero attached hydrogens (tertiary/aromatic N) is 2. The van der Waals surface area contributed by atoms with Crippen molar-refractivity contribution in [3.05, 3.63) is 80.4 Å². The fourth-order valence-electron chi connectivity index (χ4n) is 8.47. The van der Waals surface area contributed by atoms with Gasteiger partial charge in [0.05, 0.1) is 50.6 Å². The summed E-state index contributed by atoms with van der Waals surface area (Å²) in [6, 6.07) is 15.3. The fraction of sp³-hybridized carbons (Fsp3) is 0.250. The van der Waals surface area contributed by atoms with E-state index in [1.54, 1.807) is 14.2 Å². The Labute approximate surface area is 296 Å². The number of hydrogen-bond donors (Lipinski definition) is 0. The Balaban J connectivity index is 1.47. The summed E-state index contributed by atoms with van der Waals surface area (Å²) >= 11 is 0. The topological polar surface area (TPSA) is 118 Å². The largest absolute Gasteiger partial charge is 0.493 e. The Kier molecular flexibility index (Phi) is 6.51. The molecule has 2 aromatic heterocycles. The lowest BCUT2D eigenvalue weighted by atomic mass is 9.83. The molecule has 0 saturated heterocycles. The maximum atomic E-state index is 14.8. The van der Waals surface area contributed by atoms with E-state index in [1.165, 1.54) is 14.2 Å². The quantitative estimate of drug-likeness (QED) is 0.215. The summed E-state index contributed by atoms with van der Waals surface area (Å²) in [5.74, 6) is 4.04. The van der Waals surface area contributed by atoms with Gasteiger partial charge in [-0.05, 0) is 72.5 Å². The van der Waals surface area contributed by atoms with Gasteiger partial charge in [-0.1, -0.05) is 0 Å². The Bertz CT molecular complexity index is 2510. The molecule has 0 N–H and O–H groups in total. The highest BCUT2D eigenvalue weighted by Crippen LogP contribution is 2.53. The van der Waals surface area contributed by atoms with Crippen LogP contribution in [0.2, 0.25) is 0 Å². The molecule has 4 aromatic carbocycles. The zero-order chi connectivity index (χ0) is 35.4. The van der Waals surface area contributed by atoms with Gasteiger partial charge in [-0.15, -0.1) is 0 Å². The van der Waals surface area contributed by atoms with Crippen LogP contribution in [0.25, 0.3) is 55.2 Å². The average molecular weight is 701 g/mol. The van der Waals surface area contributed by atoms with Crippen molar-refractivity contribution in [1.29, 1.82) is 0 Å². The minimum absolute atomic E-state index is 0.112. The highest BCUT2D eigenvalue weighted by Gasteiger charge is 2.35. The van der Waals surface area contributed by atoms with Crippen molar-refractivity contribution in [2.45, 2.75) is 25.9 Å². The highest BCUT2D eigenvalue weighted by atomic mass is 16.7. The number of hydrogen-bond acceptors (Lipinski definition) is 10. The Hall–Kier alpha value is -6.30. The third kappa shape index (κ3) is 3.97. The molecule has 0 bridgehead atoms. The monoisotopic (exact) mass is 700 g/mol. The second-order valence-corrected chi connectivity index (χ2v) is 13.0. The van der Waals surface area contributed by atoms with Crippen LogP contribution in [0, 0.1) is 0 Å². The maximum Gasteiger partial charge on any atom is 0.262 e. The number of pyridine rings is 2. The number of aryl methyl sites for hydroxylation is 2. The van der Waals surface area contributed by atoms with Gasteiger partial charge in [-0.2, -0.15) is 0 Å². The molecule has 0 amide bonds. The van der Waals surface area contributed by atoms with Crippen molar-refractivity contribution >= 4 is 21.5 Å². The summed E-state index contributed by atoms with van der Waals surface area (Å²) in [6.07, 6.45) is 1.17. The van der Waals surface area contributed by atoms with Crippen LogP contribution < -0.4 is 49.0 Å². The second-order valence-electron chi connectivity index (χ2n) is 13.0. The van der Waals surface area contributed by atoms with Crippen LogP contribution in [0.5, 0.6) is 46.0 Å². The van der Waals surface area contributed by atoms with Crippen molar-refractivity contribution in [2.24, 2.45) is 0 Å². The van der Waals surface area contributed by atoms with Gasteiger partial charge in [0.2, 0.25) is 13.6 Å². The van der Waals surface area contributed by atoms with E-state index in [4.69, 9.17) is 37.9 Å². The lowest BCUT2D eigenvalue weighted by Gasteiger charge is -2.31. The Morgan fingerprint density at radius 3 is 1.33 bits per heavy atom. The lowest BCUT2D eigenvalue weighted by molar-refractivity contribution is 0.173. The zero-order valence-electron chi connectivity index (χ0n) is 28.8. The molecule has 4 aliphatic rings. The summed E-state index contributed by atoms with van der Waals surface area (Å²) in [7, 11) is 6.17. The van der Waals surface area contributed by atoms with E-state index in [2.05, 4.69) is 0 Å². The molecule has 0 fully saturated rings. The van der Waals surface area contributed by atoms with Crippen LogP contribution in [-0.4, -0.2) is 51.2 Å². The van der Waals surface area contributed by atoms with Crippen LogP contribution in [0.4, 0.5) is 0 Å². The van der Waals surface area contributed by atoms with E-state index in [-0.39, 0.29) is 24.7 Å². The van der Waals surface area contributed by atoms with E-state index in [0.717, 1.165) is 33.4 Å². The zero-order valence-corrected chi connectivity index (χ0v) is 28.8. The molecule has 6 aromatic rings. The molecule has 12 nitrogen and oxygen atoms in total. The molecule has 4 aliphatic heterocycles. The number of rotatable bonds is 5. The minimum atomic E-state index is -0.220. The molecular formula is C40H32N2O10. The summed E-state index contributed by atoms with van der Waals surface area (Å²) in [4.78, 5) is 29.6. The van der Waals surface area contributed by atoms with Crippen LogP contribution in [0.1, 0.15) is 11.1 Å². The van der Waals surface area contributed by atoms with Crippen LogP contribution in [0.15, 0.2) is 58.1 Å². The van der Waals surface area contributed by atoms with E-state index in [9.17, 15) is 9.59 Å². The predicted molar refractivity (Wildman–Crippen MR) is 192 cm³/mol. The molecule has 12 heteroatoms. The molecule has 0 atom stereocenters. The van der Waals surface area contributed by atoms with Crippen LogP contribution in [-0.2, 0) is 25.9 Å². The standard InChI is InChI=1S/C40H32N2O10/c1-45-25-7-5-21-31(35-23-15-29-27(49-17-51-29)13-19(23)9-11-41(35)39(43)33(21)37(25)47-3)32-22-6-8-26(46-2)38(48-4)34(22)40(44)42-12-10-20-14-28-30(52-18-50-28)16-24(20)36(32)42/h5-8,13-16H,9-12,17-18H2,1-4H3. The summed E-state index contributed by atoms with van der Waals surface area (Å²) in [5, 5.41) is 1.99. The molecule has 0 unspecified atom stereocenters. The number of benzene rings is 4. The molecule has 0 radical (unpaired) electrons. The predicted octanol–water partition coefficient (Wildman–Crippen LogP) is 5.92. The van der Waals surface area contributed by atoms with E-state index in [0.29, 0.717) is 105 Å². The number of aromatic nitrogens is 2. The van der Waals surface area contributed by atoms with Crippen LogP contribution >= 0.6 is 0 Å². The Morgan fingerprint density at radius 1 is 0.538 bits per heavy atom. The average Bonchev–Trinajstić information content (AvgIpc) is 3.84. The molecule has 52 heavy (non-hydrogen) atoms. The first-order chi connectivity index (χ1) is 25.4. The van der Waals surface area contributed by atoms with E-state index >= 15 is 0 Å². The Morgan fingerprint density at radius 2 is 0.942 bits per heavy atom. The molecule has 262 valence electrons. The van der Waals surface area contributed by atoms with Gasteiger partial charge in [0.1, 0.15) is 0 Å². The lowest BCUT2D eigenvalue weighted by Crippen LogP contribution is -2.30. The highest BCUT2D eigenvalue weighted by molar-refractivity contribution is 6.16. The number of ether oxygens (including phenoxy) is 8. The normalized spacial score (nSPS) is 14.5. The van der Waals surface area contributed by atoms with E-state index in [1.807, 2.05) is 57.7 Å². The van der Waals surface area contributed by atoms with E-state index < -0.39 is 0 Å². The second kappa shape index (κ2) is 11.1. The fourth-order valence-corrected chi connectivity index (χ4v) is 8.47. The SMILES string of the molecule is COc1ccc2c(-c3c4n(c(=O)c5c(OC)c(OC)ccc35)CCc3cc5c(cc3-4)OCO5)c3n(c(=O)c2c1OC)CCc1cc2c(cc1-3)OCO2. The van der Waals surface area contributed by atoms with Gasteiger partial charge in [0.15, 0.2) is 46.0 Å². The minimum Gasteiger partial charge on any atom is -0.493 e. The third-order valence-corrected chi connectivity index (χ3v) is 10.7. The molecule has 0 aliphatic carbocycles. The van der Waals surface area contributed by atoms with Gasteiger partial charge in [-0.3, -0.25) is 9.59 Å². The van der Waals surface area contributed by atoms with Crippen molar-refractivity contribution < 1.29 is 37.9 Å². The molecule has 0 spiro atoms. The summed E-state index contributed by atoms with van der Waals surface area (Å²) in [5.41, 5.74) is 6.11. The van der Waals surface area contributed by atoms with Crippen LogP contribution in [0.3, 0.4) is 0 Å². The number of fused-ring (bicyclic) bond motifs is 10. The number of methoxy groups -OCH3 is 4. The smallest absolute Gasteiger partial charge is 0.262 e. The van der Waals surface area contributed by atoms with Gasteiger partial charge >= 0.3 is 0 Å². The van der Waals surface area contributed by atoms with Gasteiger partial charge in [-0.25, -0.2) is 0 Å². The first-order valence-electron chi connectivity index (χ1n) is 16.9. The van der Waals surface area contributed by atoms with Gasteiger partial charge in [0, 0.05) is 46.1 Å². The molecule has 0 saturated carbocycles. The van der Waals surface area contributed by atoms with Crippen molar-refractivity contribution in [2.75, 3.05) is 42.0 Å².